The van der Waals surface area contributed by atoms with Gasteiger partial charge in [0.1, 0.15) is 0 Å². The lowest BCUT2D eigenvalue weighted by Crippen LogP contribution is -2.12. The normalized spacial score (nSPS) is 13.6. The van der Waals surface area contributed by atoms with E-state index in [-0.39, 0.29) is 0 Å². The van der Waals surface area contributed by atoms with Crippen LogP contribution in [0.5, 0.6) is 0 Å². The molecule has 1 nitrogen and oxygen atoms in total. The molecule has 0 saturated heterocycles. The molecule has 0 saturated carbocycles. The molecule has 0 radical (unpaired) electrons. The van der Waals surface area contributed by atoms with Crippen LogP contribution in [-0.2, 0) is 0 Å². The number of allylic oxidation sites excluding steroid dienone is 1. The fourth-order valence-electron chi connectivity index (χ4n) is 0.967. The summed E-state index contributed by atoms with van der Waals surface area (Å²) < 4.78 is 0. The first-order chi connectivity index (χ1) is 4.72. The van der Waals surface area contributed by atoms with Crippen molar-refractivity contribution in [3.8, 4) is 0 Å². The van der Waals surface area contributed by atoms with Crippen molar-refractivity contribution in [3.63, 3.8) is 0 Å². The Morgan fingerprint density at radius 1 is 1.50 bits per heavy atom. The Kier molecular flexibility index (Phi) is 5.32. The van der Waals surface area contributed by atoms with Gasteiger partial charge >= 0.3 is 0 Å². The Morgan fingerprint density at radius 2 is 2.10 bits per heavy atom. The second-order valence-electron chi connectivity index (χ2n) is 3.05. The van der Waals surface area contributed by atoms with Gasteiger partial charge in [0.05, 0.1) is 0 Å². The van der Waals surface area contributed by atoms with Gasteiger partial charge in [0.25, 0.3) is 0 Å². The lowest BCUT2D eigenvalue weighted by atomic mass is 9.92. The van der Waals surface area contributed by atoms with Crippen LogP contribution in [0, 0.1) is 11.8 Å². The molecule has 60 valence electrons. The van der Waals surface area contributed by atoms with Crippen LogP contribution < -0.4 is 0 Å². The summed E-state index contributed by atoms with van der Waals surface area (Å²) in [6, 6.07) is 0. The second-order valence-corrected chi connectivity index (χ2v) is 3.05. The Balaban J connectivity index is 3.49. The first kappa shape index (κ1) is 9.70. The van der Waals surface area contributed by atoms with Crippen molar-refractivity contribution < 1.29 is 5.11 Å². The third-order valence-corrected chi connectivity index (χ3v) is 1.92. The van der Waals surface area contributed by atoms with Crippen molar-refractivity contribution in [1.29, 1.82) is 0 Å². The maximum absolute atomic E-state index is 8.89. The average molecular weight is 142 g/mol. The van der Waals surface area contributed by atoms with E-state index in [2.05, 4.69) is 20.4 Å². The van der Waals surface area contributed by atoms with Gasteiger partial charge in [0, 0.05) is 6.61 Å². The quantitative estimate of drug-likeness (QED) is 0.583. The van der Waals surface area contributed by atoms with E-state index in [4.69, 9.17) is 5.11 Å². The zero-order chi connectivity index (χ0) is 7.98. The van der Waals surface area contributed by atoms with Crippen LogP contribution in [0.25, 0.3) is 0 Å². The number of aliphatic hydroxyl groups is 1. The molecule has 0 aliphatic rings. The van der Waals surface area contributed by atoms with Crippen molar-refractivity contribution >= 4 is 0 Å². The van der Waals surface area contributed by atoms with Crippen molar-refractivity contribution in [2.24, 2.45) is 11.8 Å². The van der Waals surface area contributed by atoms with Gasteiger partial charge < -0.3 is 5.11 Å². The van der Waals surface area contributed by atoms with E-state index in [9.17, 15) is 0 Å². The maximum atomic E-state index is 8.89. The highest BCUT2D eigenvalue weighted by Gasteiger charge is 2.09. The Morgan fingerprint density at radius 3 is 2.40 bits per heavy atom. The number of hydrogen-bond donors (Lipinski definition) is 1. The van der Waals surface area contributed by atoms with E-state index >= 15 is 0 Å². The fourth-order valence-corrected chi connectivity index (χ4v) is 0.967. The van der Waals surface area contributed by atoms with E-state index in [0.717, 1.165) is 12.8 Å². The molecular formula is C9H18O. The lowest BCUT2D eigenvalue weighted by molar-refractivity contribution is 0.182. The molecule has 0 spiro atoms. The summed E-state index contributed by atoms with van der Waals surface area (Å²) in [6.07, 6.45) is 3.99. The van der Waals surface area contributed by atoms with Crippen LogP contribution in [0.15, 0.2) is 12.7 Å². The smallest absolute Gasteiger partial charge is 0.0461 e. The fraction of sp³-hybridized carbons (Fsp3) is 0.778. The van der Waals surface area contributed by atoms with Gasteiger partial charge in [-0.15, -0.1) is 6.58 Å². The summed E-state index contributed by atoms with van der Waals surface area (Å²) in [7, 11) is 0. The van der Waals surface area contributed by atoms with Gasteiger partial charge in [-0.1, -0.05) is 19.9 Å². The van der Waals surface area contributed by atoms with Crippen molar-refractivity contribution in [2.75, 3.05) is 6.61 Å². The molecule has 0 aromatic heterocycles. The van der Waals surface area contributed by atoms with Crippen LogP contribution in [0.3, 0.4) is 0 Å². The number of rotatable bonds is 5. The molecule has 0 heterocycles. The molecular weight excluding hydrogens is 124 g/mol. The standard InChI is InChI=1S/C9H18O/c1-4-5-6-9(7-10)8(2)3/h4,8-10H,1,5-7H2,2-3H3/t9-/m1/s1. The molecule has 0 amide bonds. The second kappa shape index (κ2) is 5.48. The highest BCUT2D eigenvalue weighted by Crippen LogP contribution is 2.15. The molecule has 10 heavy (non-hydrogen) atoms. The molecule has 1 N–H and O–H groups in total. The summed E-state index contributed by atoms with van der Waals surface area (Å²) in [4.78, 5) is 0. The zero-order valence-corrected chi connectivity index (χ0v) is 7.01. The molecule has 0 aliphatic carbocycles. The lowest BCUT2D eigenvalue weighted by Gasteiger charge is -2.16. The van der Waals surface area contributed by atoms with Gasteiger partial charge in [-0.2, -0.15) is 0 Å². The molecule has 0 rings (SSSR count). The molecule has 0 aliphatic heterocycles. The number of aliphatic hydroxyl groups excluding tert-OH is 1. The molecule has 0 fully saturated rings. The van der Waals surface area contributed by atoms with Crippen molar-refractivity contribution in [2.45, 2.75) is 26.7 Å². The SMILES string of the molecule is C=CCC[C@H](CO)C(C)C. The topological polar surface area (TPSA) is 20.2 Å². The third kappa shape index (κ3) is 3.67. The highest BCUT2D eigenvalue weighted by atomic mass is 16.3. The molecule has 0 aromatic carbocycles. The Bertz CT molecular complexity index is 86.7. The Labute approximate surface area is 63.8 Å². The molecule has 1 heteroatoms. The van der Waals surface area contributed by atoms with Crippen LogP contribution in [0.1, 0.15) is 26.7 Å². The van der Waals surface area contributed by atoms with Crippen LogP contribution >= 0.6 is 0 Å². The molecule has 0 unspecified atom stereocenters. The zero-order valence-electron chi connectivity index (χ0n) is 7.01. The summed E-state index contributed by atoms with van der Waals surface area (Å²) in [5.74, 6) is 1.04. The van der Waals surface area contributed by atoms with Gasteiger partial charge in [-0.3, -0.25) is 0 Å². The minimum absolute atomic E-state index is 0.311. The van der Waals surface area contributed by atoms with E-state index in [0.29, 0.717) is 18.4 Å². The monoisotopic (exact) mass is 142 g/mol. The van der Waals surface area contributed by atoms with Crippen molar-refractivity contribution in [1.82, 2.24) is 0 Å². The van der Waals surface area contributed by atoms with Crippen LogP contribution in [-0.4, -0.2) is 11.7 Å². The van der Waals surface area contributed by atoms with Gasteiger partial charge in [0.15, 0.2) is 0 Å². The first-order valence-electron chi connectivity index (χ1n) is 3.94. The van der Waals surface area contributed by atoms with Gasteiger partial charge in [0.2, 0.25) is 0 Å². The molecule has 1 atom stereocenters. The minimum Gasteiger partial charge on any atom is -0.396 e. The van der Waals surface area contributed by atoms with Gasteiger partial charge in [-0.25, -0.2) is 0 Å². The number of hydrogen-bond acceptors (Lipinski definition) is 1. The minimum atomic E-state index is 0.311. The summed E-state index contributed by atoms with van der Waals surface area (Å²) in [5.41, 5.74) is 0. The summed E-state index contributed by atoms with van der Waals surface area (Å²) in [5, 5.41) is 8.89. The maximum Gasteiger partial charge on any atom is 0.0461 e. The van der Waals surface area contributed by atoms with E-state index in [1.807, 2.05) is 6.08 Å². The summed E-state index contributed by atoms with van der Waals surface area (Å²) >= 11 is 0. The van der Waals surface area contributed by atoms with E-state index < -0.39 is 0 Å². The van der Waals surface area contributed by atoms with Crippen LogP contribution in [0.2, 0.25) is 0 Å². The average Bonchev–Trinajstić information content (AvgIpc) is 1.89. The summed E-state index contributed by atoms with van der Waals surface area (Å²) in [6.45, 7) is 8.24. The third-order valence-electron chi connectivity index (χ3n) is 1.92. The van der Waals surface area contributed by atoms with E-state index in [1.54, 1.807) is 0 Å². The largest absolute Gasteiger partial charge is 0.396 e. The first-order valence-corrected chi connectivity index (χ1v) is 3.94. The Hall–Kier alpha value is -0.300. The van der Waals surface area contributed by atoms with E-state index in [1.165, 1.54) is 0 Å². The van der Waals surface area contributed by atoms with Crippen molar-refractivity contribution in [3.05, 3.63) is 12.7 Å². The predicted octanol–water partition coefficient (Wildman–Crippen LogP) is 2.22. The highest BCUT2D eigenvalue weighted by molar-refractivity contribution is 4.70. The molecule has 0 bridgehead atoms. The van der Waals surface area contributed by atoms with Gasteiger partial charge in [-0.05, 0) is 24.7 Å². The predicted molar refractivity (Wildman–Crippen MR) is 44.8 cm³/mol. The molecule has 0 aromatic rings. The van der Waals surface area contributed by atoms with Crippen LogP contribution in [0.4, 0.5) is 0 Å².